The minimum Gasteiger partial charge on any atom is -0.349 e. The Hall–Kier alpha value is -4.00. The molecule has 0 bridgehead atoms. The van der Waals surface area contributed by atoms with Crippen molar-refractivity contribution in [3.63, 3.8) is 0 Å². The number of hydrogen-bond acceptors (Lipinski definition) is 5. The molecule has 5 rings (SSSR count). The van der Waals surface area contributed by atoms with E-state index in [9.17, 15) is 9.59 Å². The predicted octanol–water partition coefficient (Wildman–Crippen LogP) is 4.23. The molecule has 33 heavy (non-hydrogen) atoms. The maximum atomic E-state index is 13.5. The highest BCUT2D eigenvalue weighted by molar-refractivity contribution is 6.07. The molecule has 7 heteroatoms. The van der Waals surface area contributed by atoms with Gasteiger partial charge in [-0.25, -0.2) is 4.98 Å². The number of nitrogens with one attached hydrogen (secondary N) is 1. The number of hydrogen-bond donors (Lipinski definition) is 1. The van der Waals surface area contributed by atoms with E-state index in [2.05, 4.69) is 15.5 Å². The van der Waals surface area contributed by atoms with E-state index in [0.29, 0.717) is 59.5 Å². The molecule has 4 aromatic rings. The molecule has 0 spiro atoms. The average molecular weight is 441 g/mol. The van der Waals surface area contributed by atoms with Crippen LogP contribution >= 0.6 is 0 Å². The summed E-state index contributed by atoms with van der Waals surface area (Å²) in [7, 11) is 0. The van der Waals surface area contributed by atoms with Gasteiger partial charge < -0.3 is 14.7 Å². The summed E-state index contributed by atoms with van der Waals surface area (Å²) in [4.78, 5) is 32.4. The molecule has 1 saturated heterocycles. The van der Waals surface area contributed by atoms with Crippen molar-refractivity contribution < 1.29 is 14.1 Å². The number of aryl methyl sites for hydroxylation is 1. The molecule has 1 aliphatic heterocycles. The topological polar surface area (TPSA) is 88.3 Å². The minimum absolute atomic E-state index is 0.0384. The number of benzene rings is 2. The van der Waals surface area contributed by atoms with Crippen LogP contribution in [0.4, 0.5) is 0 Å². The Morgan fingerprint density at radius 2 is 1.67 bits per heavy atom. The fraction of sp³-hybridized carbons (Fsp3) is 0.231. The Balaban J connectivity index is 1.34. The van der Waals surface area contributed by atoms with Crippen LogP contribution in [-0.2, 0) is 0 Å². The molecule has 0 saturated carbocycles. The summed E-state index contributed by atoms with van der Waals surface area (Å²) in [6, 6.07) is 20.8. The molecule has 2 aromatic heterocycles. The highest BCUT2D eigenvalue weighted by Gasteiger charge is 2.28. The lowest BCUT2D eigenvalue weighted by atomic mass is 10.0. The smallest absolute Gasteiger partial charge is 0.259 e. The van der Waals surface area contributed by atoms with E-state index in [1.807, 2.05) is 66.4 Å². The van der Waals surface area contributed by atoms with E-state index in [0.717, 1.165) is 5.56 Å². The number of nitrogens with zero attached hydrogens (tertiary/aromatic N) is 3. The summed E-state index contributed by atoms with van der Waals surface area (Å²) < 4.78 is 5.41. The van der Waals surface area contributed by atoms with E-state index in [4.69, 9.17) is 4.52 Å². The van der Waals surface area contributed by atoms with E-state index >= 15 is 0 Å². The third-order valence-corrected chi connectivity index (χ3v) is 6.07. The summed E-state index contributed by atoms with van der Waals surface area (Å²) in [5, 5.41) is 7.78. The number of carbonyl (C=O) groups is 2. The molecule has 166 valence electrons. The number of pyridine rings is 1. The van der Waals surface area contributed by atoms with Gasteiger partial charge in [0.05, 0.1) is 22.3 Å². The van der Waals surface area contributed by atoms with Crippen molar-refractivity contribution in [2.75, 3.05) is 13.1 Å². The van der Waals surface area contributed by atoms with Crippen molar-refractivity contribution in [3.05, 3.63) is 83.6 Å². The third kappa shape index (κ3) is 4.22. The molecule has 1 aliphatic rings. The van der Waals surface area contributed by atoms with E-state index in [-0.39, 0.29) is 17.9 Å². The first-order valence-corrected chi connectivity index (χ1v) is 11.1. The second-order valence-electron chi connectivity index (χ2n) is 8.28. The molecule has 2 amide bonds. The molecule has 0 unspecified atom stereocenters. The van der Waals surface area contributed by atoms with Gasteiger partial charge in [0.15, 0.2) is 0 Å². The van der Waals surface area contributed by atoms with E-state index in [1.165, 1.54) is 0 Å². The van der Waals surface area contributed by atoms with Gasteiger partial charge in [-0.3, -0.25) is 9.59 Å². The van der Waals surface area contributed by atoms with Gasteiger partial charge in [-0.15, -0.1) is 0 Å². The third-order valence-electron chi connectivity index (χ3n) is 6.07. The summed E-state index contributed by atoms with van der Waals surface area (Å²) in [5.41, 5.74) is 3.78. The van der Waals surface area contributed by atoms with Crippen molar-refractivity contribution in [3.8, 4) is 11.3 Å². The van der Waals surface area contributed by atoms with Crippen LogP contribution < -0.4 is 5.32 Å². The Morgan fingerprint density at radius 1 is 1.00 bits per heavy atom. The molecule has 0 radical (unpaired) electrons. The van der Waals surface area contributed by atoms with Gasteiger partial charge >= 0.3 is 0 Å². The lowest BCUT2D eigenvalue weighted by Gasteiger charge is -2.32. The second-order valence-corrected chi connectivity index (χ2v) is 8.28. The number of aromatic nitrogens is 2. The summed E-state index contributed by atoms with van der Waals surface area (Å²) in [6.45, 7) is 2.94. The van der Waals surface area contributed by atoms with Gasteiger partial charge in [0.25, 0.3) is 17.5 Å². The fourth-order valence-electron chi connectivity index (χ4n) is 4.28. The van der Waals surface area contributed by atoms with Crippen molar-refractivity contribution in [2.24, 2.45) is 0 Å². The first kappa shape index (κ1) is 20.9. The molecule has 2 aromatic carbocycles. The SMILES string of the molecule is Cc1noc2nc(-c3ccccc3)cc(C(=O)N3CCC(NC(=O)c4ccccc4)CC3)c12. The minimum atomic E-state index is -0.0798. The second kappa shape index (κ2) is 8.86. The van der Waals surface area contributed by atoms with Crippen molar-refractivity contribution in [1.29, 1.82) is 0 Å². The number of piperidine rings is 1. The lowest BCUT2D eigenvalue weighted by molar-refractivity contribution is 0.0700. The van der Waals surface area contributed by atoms with Crippen molar-refractivity contribution in [2.45, 2.75) is 25.8 Å². The first-order chi connectivity index (χ1) is 16.1. The largest absolute Gasteiger partial charge is 0.349 e. The molecule has 0 atom stereocenters. The van der Waals surface area contributed by atoms with Crippen LogP contribution in [0.1, 0.15) is 39.3 Å². The van der Waals surface area contributed by atoms with E-state index in [1.54, 1.807) is 12.1 Å². The fourth-order valence-corrected chi connectivity index (χ4v) is 4.28. The van der Waals surface area contributed by atoms with Gasteiger partial charge in [-0.05, 0) is 38.0 Å². The zero-order chi connectivity index (χ0) is 22.8. The molecule has 3 heterocycles. The normalized spacial score (nSPS) is 14.4. The van der Waals surface area contributed by atoms with Crippen molar-refractivity contribution >= 4 is 22.9 Å². The average Bonchev–Trinajstić information content (AvgIpc) is 3.25. The molecule has 1 fully saturated rings. The molecule has 1 N–H and O–H groups in total. The summed E-state index contributed by atoms with van der Waals surface area (Å²) in [6.07, 6.45) is 1.40. The van der Waals surface area contributed by atoms with Crippen LogP contribution in [0.5, 0.6) is 0 Å². The molecule has 7 nitrogen and oxygen atoms in total. The Labute approximate surface area is 191 Å². The zero-order valence-electron chi connectivity index (χ0n) is 18.3. The number of amides is 2. The van der Waals surface area contributed by atoms with Gasteiger partial charge in [-0.2, -0.15) is 0 Å². The highest BCUT2D eigenvalue weighted by Crippen LogP contribution is 2.28. The van der Waals surface area contributed by atoms with Crippen LogP contribution in [0.2, 0.25) is 0 Å². The van der Waals surface area contributed by atoms with Crippen LogP contribution in [0.25, 0.3) is 22.4 Å². The molecular weight excluding hydrogens is 416 g/mol. The Morgan fingerprint density at radius 3 is 2.36 bits per heavy atom. The van der Waals surface area contributed by atoms with Crippen LogP contribution in [0, 0.1) is 6.92 Å². The standard InChI is InChI=1S/C26H24N4O3/c1-17-23-21(16-22(28-25(23)33-29-17)18-8-4-2-5-9-18)26(32)30-14-12-20(13-15-30)27-24(31)19-10-6-3-7-11-19/h2-11,16,20H,12-15H2,1H3,(H,27,31). The Bertz CT molecular complexity index is 1290. The zero-order valence-corrected chi connectivity index (χ0v) is 18.3. The number of likely N-dealkylation sites (tertiary alicyclic amines) is 1. The van der Waals surface area contributed by atoms with Gasteiger partial charge in [0, 0.05) is 30.3 Å². The maximum Gasteiger partial charge on any atom is 0.259 e. The predicted molar refractivity (Wildman–Crippen MR) is 125 cm³/mol. The monoisotopic (exact) mass is 440 g/mol. The van der Waals surface area contributed by atoms with E-state index < -0.39 is 0 Å². The quantitative estimate of drug-likeness (QED) is 0.513. The number of fused-ring (bicyclic) bond motifs is 1. The van der Waals surface area contributed by atoms with Crippen LogP contribution in [-0.4, -0.2) is 46.0 Å². The first-order valence-electron chi connectivity index (χ1n) is 11.1. The summed E-state index contributed by atoms with van der Waals surface area (Å²) in [5.74, 6) is -0.150. The Kier molecular flexibility index (Phi) is 5.60. The summed E-state index contributed by atoms with van der Waals surface area (Å²) >= 11 is 0. The molecule has 0 aliphatic carbocycles. The van der Waals surface area contributed by atoms with Gasteiger partial charge in [0.1, 0.15) is 0 Å². The van der Waals surface area contributed by atoms with Crippen LogP contribution in [0.15, 0.2) is 71.3 Å². The van der Waals surface area contributed by atoms with Gasteiger partial charge in [0.2, 0.25) is 0 Å². The highest BCUT2D eigenvalue weighted by atomic mass is 16.5. The number of carbonyl (C=O) groups excluding carboxylic acids is 2. The molecular formula is C26H24N4O3. The van der Waals surface area contributed by atoms with Crippen LogP contribution in [0.3, 0.4) is 0 Å². The van der Waals surface area contributed by atoms with Gasteiger partial charge in [-0.1, -0.05) is 53.7 Å². The number of rotatable bonds is 4. The lowest BCUT2D eigenvalue weighted by Crippen LogP contribution is -2.46. The maximum absolute atomic E-state index is 13.5. The van der Waals surface area contributed by atoms with Crippen molar-refractivity contribution in [1.82, 2.24) is 20.4 Å².